The molecule has 37 heavy (non-hydrogen) atoms. The zero-order valence-electron chi connectivity index (χ0n) is 21.9. The normalized spacial score (nSPS) is 17.6. The Morgan fingerprint density at radius 2 is 1.76 bits per heavy atom. The number of aliphatic hydroxyl groups is 1. The molecular formula is C26H38N4O6S. The summed E-state index contributed by atoms with van der Waals surface area (Å²) >= 11 is 0.975. The molecule has 204 valence electrons. The van der Waals surface area contributed by atoms with Crippen LogP contribution >= 0.6 is 11.8 Å². The number of nitrogens with one attached hydrogen (secondary N) is 3. The Balaban J connectivity index is 1.97. The minimum Gasteiger partial charge on any atom is -0.390 e. The highest BCUT2D eigenvalue weighted by molar-refractivity contribution is 8.13. The monoisotopic (exact) mass is 534 g/mol. The van der Waals surface area contributed by atoms with Gasteiger partial charge in [-0.15, -0.1) is 0 Å². The van der Waals surface area contributed by atoms with E-state index < -0.39 is 36.0 Å². The van der Waals surface area contributed by atoms with E-state index in [0.717, 1.165) is 11.8 Å². The molecule has 0 spiro atoms. The lowest BCUT2D eigenvalue weighted by atomic mass is 10.0. The van der Waals surface area contributed by atoms with E-state index in [2.05, 4.69) is 16.0 Å². The second-order valence-corrected chi connectivity index (χ2v) is 10.8. The molecule has 1 unspecified atom stereocenters. The molecule has 1 aliphatic heterocycles. The summed E-state index contributed by atoms with van der Waals surface area (Å²) in [4.78, 5) is 63.8. The van der Waals surface area contributed by atoms with Gasteiger partial charge in [-0.25, -0.2) is 0 Å². The number of carbonyl (C=O) groups excluding carboxylic acids is 5. The van der Waals surface area contributed by atoms with Crippen molar-refractivity contribution in [2.24, 2.45) is 5.92 Å². The molecule has 0 radical (unpaired) electrons. The summed E-state index contributed by atoms with van der Waals surface area (Å²) < 4.78 is 0. The van der Waals surface area contributed by atoms with Gasteiger partial charge in [0.1, 0.15) is 12.1 Å². The molecule has 0 bridgehead atoms. The Labute approximate surface area is 222 Å². The van der Waals surface area contributed by atoms with Crippen molar-refractivity contribution in [3.63, 3.8) is 0 Å². The van der Waals surface area contributed by atoms with Crippen LogP contribution in [0.2, 0.25) is 0 Å². The number of benzene rings is 1. The Bertz CT molecular complexity index is 958. The highest BCUT2D eigenvalue weighted by Crippen LogP contribution is 2.18. The molecule has 4 amide bonds. The fourth-order valence-electron chi connectivity index (χ4n) is 4.03. The summed E-state index contributed by atoms with van der Waals surface area (Å²) in [5.41, 5.74) is 0.438. The van der Waals surface area contributed by atoms with Crippen LogP contribution < -0.4 is 16.0 Å². The Morgan fingerprint density at radius 3 is 2.38 bits per heavy atom. The molecule has 1 aromatic carbocycles. The number of aliphatic hydroxyl groups excluding tert-OH is 1. The maximum absolute atomic E-state index is 13.2. The van der Waals surface area contributed by atoms with Crippen LogP contribution in [0.25, 0.3) is 0 Å². The number of hydrogen-bond donors (Lipinski definition) is 4. The van der Waals surface area contributed by atoms with Gasteiger partial charge in [0.25, 0.3) is 5.91 Å². The van der Waals surface area contributed by atoms with Gasteiger partial charge in [0.05, 0.1) is 18.7 Å². The smallest absolute Gasteiger partial charge is 0.251 e. The molecule has 10 nitrogen and oxygen atoms in total. The van der Waals surface area contributed by atoms with Crippen LogP contribution in [0.5, 0.6) is 0 Å². The average Bonchev–Trinajstić information content (AvgIpc) is 3.35. The van der Waals surface area contributed by atoms with Crippen molar-refractivity contribution in [1.29, 1.82) is 0 Å². The molecule has 11 heteroatoms. The molecule has 1 fully saturated rings. The summed E-state index contributed by atoms with van der Waals surface area (Å²) in [5, 5.41) is 18.2. The second-order valence-electron chi connectivity index (χ2n) is 9.65. The van der Waals surface area contributed by atoms with Crippen LogP contribution in [0.4, 0.5) is 0 Å². The quantitative estimate of drug-likeness (QED) is 0.314. The number of rotatable bonds is 12. The van der Waals surface area contributed by atoms with Crippen LogP contribution in [0.1, 0.15) is 57.3 Å². The fourth-order valence-corrected chi connectivity index (χ4v) is 4.72. The minimum absolute atomic E-state index is 0.0964. The van der Waals surface area contributed by atoms with Crippen molar-refractivity contribution in [1.82, 2.24) is 20.9 Å². The Hall–Kier alpha value is -2.92. The maximum atomic E-state index is 13.2. The molecule has 4 atom stereocenters. The van der Waals surface area contributed by atoms with Gasteiger partial charge in [0.2, 0.25) is 17.7 Å². The van der Waals surface area contributed by atoms with Gasteiger partial charge in [0, 0.05) is 24.8 Å². The van der Waals surface area contributed by atoms with Crippen molar-refractivity contribution in [3.05, 3.63) is 35.9 Å². The van der Waals surface area contributed by atoms with E-state index in [1.807, 2.05) is 13.8 Å². The predicted molar refractivity (Wildman–Crippen MR) is 142 cm³/mol. The highest BCUT2D eigenvalue weighted by Gasteiger charge is 2.36. The summed E-state index contributed by atoms with van der Waals surface area (Å²) in [6, 6.07) is 6.34. The molecule has 1 heterocycles. The van der Waals surface area contributed by atoms with Crippen LogP contribution in [0.3, 0.4) is 0 Å². The van der Waals surface area contributed by atoms with Crippen LogP contribution in [-0.2, 0) is 19.2 Å². The first-order chi connectivity index (χ1) is 17.5. The maximum Gasteiger partial charge on any atom is 0.251 e. The first-order valence-electron chi connectivity index (χ1n) is 12.5. The third kappa shape index (κ3) is 9.81. The first kappa shape index (κ1) is 30.3. The Kier molecular flexibility index (Phi) is 12.1. The van der Waals surface area contributed by atoms with Crippen LogP contribution in [-0.4, -0.2) is 81.8 Å². The van der Waals surface area contributed by atoms with E-state index in [1.54, 1.807) is 37.3 Å². The van der Waals surface area contributed by atoms with E-state index in [9.17, 15) is 29.1 Å². The van der Waals surface area contributed by atoms with Crippen molar-refractivity contribution in [3.8, 4) is 0 Å². The lowest BCUT2D eigenvalue weighted by Gasteiger charge is -2.28. The number of thioether (sulfide) groups is 1. The highest BCUT2D eigenvalue weighted by atomic mass is 32.2. The van der Waals surface area contributed by atoms with Gasteiger partial charge in [0.15, 0.2) is 5.12 Å². The summed E-state index contributed by atoms with van der Waals surface area (Å²) in [7, 11) is 0. The predicted octanol–water partition coefficient (Wildman–Crippen LogP) is 1.08. The minimum atomic E-state index is -0.928. The number of nitrogens with zero attached hydrogens (tertiary/aromatic N) is 1. The van der Waals surface area contributed by atoms with Gasteiger partial charge in [-0.2, -0.15) is 0 Å². The van der Waals surface area contributed by atoms with E-state index in [1.165, 1.54) is 11.8 Å². The zero-order chi connectivity index (χ0) is 27.5. The molecule has 1 aliphatic rings. The first-order valence-corrected chi connectivity index (χ1v) is 13.5. The lowest BCUT2D eigenvalue weighted by molar-refractivity contribution is -0.139. The summed E-state index contributed by atoms with van der Waals surface area (Å²) in [5.74, 6) is -1.36. The summed E-state index contributed by atoms with van der Waals surface area (Å²) in [6.45, 7) is 7.04. The standard InChI is InChI=1S/C26H38N4O6S/c1-16(2)13-20(25(35)28-17(3)22(32)15-37-18(4)31)29-26(36)21-11-8-12-30(21)23(33)14-27-24(34)19-9-6-5-7-10-19/h5-7,9-10,16-17,20-22,32H,8,11-15H2,1-4H3,(H,27,34)(H,28,35)(H,29,36)/t17-,20-,21-,22?/m0/s1. The van der Waals surface area contributed by atoms with Gasteiger partial charge < -0.3 is 26.0 Å². The molecular weight excluding hydrogens is 496 g/mol. The van der Waals surface area contributed by atoms with Gasteiger partial charge in [-0.05, 0) is 44.2 Å². The molecule has 0 aliphatic carbocycles. The van der Waals surface area contributed by atoms with Crippen molar-refractivity contribution >= 4 is 40.5 Å². The molecule has 4 N–H and O–H groups in total. The molecule has 0 saturated carbocycles. The van der Waals surface area contributed by atoms with Crippen LogP contribution in [0.15, 0.2) is 30.3 Å². The second kappa shape index (κ2) is 14.7. The number of hydrogen-bond acceptors (Lipinski definition) is 7. The third-order valence-electron chi connectivity index (χ3n) is 6.06. The van der Waals surface area contributed by atoms with Gasteiger partial charge in [-0.1, -0.05) is 43.8 Å². The number of carbonyl (C=O) groups is 5. The number of likely N-dealkylation sites (tertiary alicyclic amines) is 1. The van der Waals surface area contributed by atoms with Gasteiger partial charge in [-0.3, -0.25) is 24.0 Å². The topological polar surface area (TPSA) is 145 Å². The van der Waals surface area contributed by atoms with E-state index in [4.69, 9.17) is 0 Å². The van der Waals surface area contributed by atoms with Crippen molar-refractivity contribution in [2.45, 2.75) is 71.2 Å². The largest absolute Gasteiger partial charge is 0.390 e. The molecule has 1 saturated heterocycles. The van der Waals surface area contributed by atoms with E-state index in [0.29, 0.717) is 31.4 Å². The molecule has 0 aromatic heterocycles. The van der Waals surface area contributed by atoms with E-state index >= 15 is 0 Å². The van der Waals surface area contributed by atoms with Crippen LogP contribution in [0, 0.1) is 5.92 Å². The molecule has 2 rings (SSSR count). The van der Waals surface area contributed by atoms with E-state index in [-0.39, 0.29) is 35.1 Å². The van der Waals surface area contributed by atoms with Gasteiger partial charge >= 0.3 is 0 Å². The fraction of sp³-hybridized carbons (Fsp3) is 0.577. The van der Waals surface area contributed by atoms with Crippen molar-refractivity contribution < 1.29 is 29.1 Å². The lowest BCUT2D eigenvalue weighted by Crippen LogP contribution is -2.56. The number of amides is 4. The Morgan fingerprint density at radius 1 is 1.08 bits per heavy atom. The van der Waals surface area contributed by atoms with Crippen molar-refractivity contribution in [2.75, 3.05) is 18.8 Å². The molecule has 1 aromatic rings. The average molecular weight is 535 g/mol. The zero-order valence-corrected chi connectivity index (χ0v) is 22.7. The SMILES string of the molecule is CC(=O)SCC(O)[C@H](C)NC(=O)[C@H](CC(C)C)NC(=O)[C@@H]1CCCN1C(=O)CNC(=O)c1ccccc1. The third-order valence-corrected chi connectivity index (χ3v) is 6.97. The summed E-state index contributed by atoms with van der Waals surface area (Å²) in [6.07, 6.45) is 0.532.